The highest BCUT2D eigenvalue weighted by Gasteiger charge is 2.49. The fourth-order valence-corrected chi connectivity index (χ4v) is 2.95. The van der Waals surface area contributed by atoms with Crippen LogP contribution in [0.25, 0.3) is 0 Å². The van der Waals surface area contributed by atoms with Gasteiger partial charge in [0, 0.05) is 11.0 Å². The van der Waals surface area contributed by atoms with Crippen LogP contribution in [0.15, 0.2) is 0 Å². The van der Waals surface area contributed by atoms with Gasteiger partial charge in [-0.05, 0) is 31.6 Å². The number of ether oxygens (including phenoxy) is 1. The second-order valence-electron chi connectivity index (χ2n) is 5.30. The van der Waals surface area contributed by atoms with Crippen LogP contribution in [-0.2, 0) is 9.53 Å². The van der Waals surface area contributed by atoms with Crippen molar-refractivity contribution in [1.82, 2.24) is 0 Å². The van der Waals surface area contributed by atoms with Crippen molar-refractivity contribution in [3.05, 3.63) is 0 Å². The van der Waals surface area contributed by atoms with E-state index in [0.29, 0.717) is 29.4 Å². The van der Waals surface area contributed by atoms with Crippen molar-refractivity contribution in [1.29, 1.82) is 0 Å². The lowest BCUT2D eigenvalue weighted by atomic mass is 9.97. The summed E-state index contributed by atoms with van der Waals surface area (Å²) in [5.41, 5.74) is 5.53. The van der Waals surface area contributed by atoms with Crippen molar-refractivity contribution in [2.45, 2.75) is 51.3 Å². The average Bonchev–Trinajstić information content (AvgIpc) is 3.09. The molecule has 1 aliphatic rings. The molecule has 17 heavy (non-hydrogen) atoms. The van der Waals surface area contributed by atoms with Crippen LogP contribution in [0.3, 0.4) is 0 Å². The van der Waals surface area contributed by atoms with E-state index in [9.17, 15) is 4.79 Å². The van der Waals surface area contributed by atoms with Gasteiger partial charge in [-0.1, -0.05) is 20.8 Å². The van der Waals surface area contributed by atoms with Crippen molar-refractivity contribution < 1.29 is 9.53 Å². The summed E-state index contributed by atoms with van der Waals surface area (Å²) < 4.78 is 5.12. The Morgan fingerprint density at radius 1 is 1.47 bits per heavy atom. The molecule has 0 spiro atoms. The number of hydrogen-bond donors (Lipinski definition) is 1. The maximum Gasteiger partial charge on any atom is 0.327 e. The van der Waals surface area contributed by atoms with Gasteiger partial charge in [-0.3, -0.25) is 4.79 Å². The van der Waals surface area contributed by atoms with Gasteiger partial charge in [0.25, 0.3) is 0 Å². The van der Waals surface area contributed by atoms with Crippen molar-refractivity contribution in [2.75, 3.05) is 12.4 Å². The van der Waals surface area contributed by atoms with Gasteiger partial charge < -0.3 is 10.5 Å². The van der Waals surface area contributed by atoms with E-state index in [2.05, 4.69) is 20.8 Å². The minimum absolute atomic E-state index is 0.217. The second kappa shape index (κ2) is 6.10. The summed E-state index contributed by atoms with van der Waals surface area (Å²) >= 11 is 1.79. The van der Waals surface area contributed by atoms with Gasteiger partial charge >= 0.3 is 5.97 Å². The lowest BCUT2D eigenvalue weighted by Crippen LogP contribution is -2.53. The molecule has 100 valence electrons. The Kier molecular flexibility index (Phi) is 5.32. The highest BCUT2D eigenvalue weighted by Crippen LogP contribution is 2.41. The molecule has 1 aliphatic carbocycles. The smallest absolute Gasteiger partial charge is 0.327 e. The molecule has 0 aliphatic heterocycles. The standard InChI is InChI=1S/C13H25NO2S/c1-5-16-12(15)13(14,11-6-7-11)8-17-10(4)9(2)3/h9-11H,5-8,14H2,1-4H3. The molecule has 0 amide bonds. The molecular formula is C13H25NO2S. The van der Waals surface area contributed by atoms with Crippen molar-refractivity contribution in [2.24, 2.45) is 17.6 Å². The molecule has 2 atom stereocenters. The van der Waals surface area contributed by atoms with Crippen LogP contribution < -0.4 is 5.73 Å². The molecule has 0 aromatic carbocycles. The number of hydrogen-bond acceptors (Lipinski definition) is 4. The summed E-state index contributed by atoms with van der Waals surface area (Å²) in [6, 6.07) is 0. The Bertz CT molecular complexity index is 266. The van der Waals surface area contributed by atoms with Gasteiger partial charge in [0.15, 0.2) is 0 Å². The maximum atomic E-state index is 12.0. The minimum Gasteiger partial charge on any atom is -0.465 e. The molecule has 0 heterocycles. The van der Waals surface area contributed by atoms with Crippen LogP contribution in [0.4, 0.5) is 0 Å². The first-order valence-corrected chi connectivity index (χ1v) is 7.54. The summed E-state index contributed by atoms with van der Waals surface area (Å²) in [4.78, 5) is 12.0. The quantitative estimate of drug-likeness (QED) is 0.713. The highest BCUT2D eigenvalue weighted by atomic mass is 32.2. The SMILES string of the molecule is CCOC(=O)C(N)(CSC(C)C(C)C)C1CC1. The summed E-state index contributed by atoms with van der Waals surface area (Å²) in [6.07, 6.45) is 2.12. The minimum atomic E-state index is -0.760. The largest absolute Gasteiger partial charge is 0.465 e. The van der Waals surface area contributed by atoms with E-state index in [1.165, 1.54) is 0 Å². The first kappa shape index (κ1) is 14.8. The fourth-order valence-electron chi connectivity index (χ4n) is 1.67. The number of esters is 1. The van der Waals surface area contributed by atoms with Crippen LogP contribution in [0, 0.1) is 11.8 Å². The van der Waals surface area contributed by atoms with Gasteiger partial charge in [-0.15, -0.1) is 0 Å². The Morgan fingerprint density at radius 3 is 2.47 bits per heavy atom. The van der Waals surface area contributed by atoms with Crippen LogP contribution in [0.1, 0.15) is 40.5 Å². The van der Waals surface area contributed by atoms with Gasteiger partial charge in [-0.2, -0.15) is 11.8 Å². The van der Waals surface area contributed by atoms with Crippen LogP contribution >= 0.6 is 11.8 Å². The molecule has 1 fully saturated rings. The molecule has 1 saturated carbocycles. The lowest BCUT2D eigenvalue weighted by Gasteiger charge is -2.28. The Labute approximate surface area is 109 Å². The van der Waals surface area contributed by atoms with E-state index in [1.807, 2.05) is 6.92 Å². The topological polar surface area (TPSA) is 52.3 Å². The third-order valence-electron chi connectivity index (χ3n) is 3.49. The molecular weight excluding hydrogens is 234 g/mol. The van der Waals surface area contributed by atoms with Gasteiger partial charge in [-0.25, -0.2) is 0 Å². The molecule has 0 aromatic heterocycles. The number of carbonyl (C=O) groups excluding carboxylic acids is 1. The number of thioether (sulfide) groups is 1. The summed E-state index contributed by atoms with van der Waals surface area (Å²) in [6.45, 7) is 8.81. The molecule has 0 radical (unpaired) electrons. The van der Waals surface area contributed by atoms with E-state index >= 15 is 0 Å². The average molecular weight is 259 g/mol. The third kappa shape index (κ3) is 3.88. The molecule has 4 heteroatoms. The number of nitrogens with two attached hydrogens (primary N) is 1. The summed E-state index contributed by atoms with van der Waals surface area (Å²) in [5.74, 6) is 1.39. The van der Waals surface area contributed by atoms with E-state index < -0.39 is 5.54 Å². The molecule has 0 saturated heterocycles. The van der Waals surface area contributed by atoms with Gasteiger partial charge in [0.05, 0.1) is 6.61 Å². The monoisotopic (exact) mass is 259 g/mol. The van der Waals surface area contributed by atoms with Crippen molar-refractivity contribution in [3.63, 3.8) is 0 Å². The van der Waals surface area contributed by atoms with Crippen LogP contribution in [0.5, 0.6) is 0 Å². The zero-order valence-electron chi connectivity index (χ0n) is 11.4. The van der Waals surface area contributed by atoms with Crippen molar-refractivity contribution >= 4 is 17.7 Å². The zero-order chi connectivity index (χ0) is 13.1. The van der Waals surface area contributed by atoms with E-state index in [0.717, 1.165) is 12.8 Å². The summed E-state index contributed by atoms with van der Waals surface area (Å²) in [7, 11) is 0. The van der Waals surface area contributed by atoms with E-state index in [4.69, 9.17) is 10.5 Å². The van der Waals surface area contributed by atoms with E-state index in [1.54, 1.807) is 11.8 Å². The zero-order valence-corrected chi connectivity index (χ0v) is 12.2. The second-order valence-corrected chi connectivity index (χ2v) is 6.66. The molecule has 0 bridgehead atoms. The Morgan fingerprint density at radius 2 is 2.06 bits per heavy atom. The maximum absolute atomic E-state index is 12.0. The fraction of sp³-hybridized carbons (Fsp3) is 0.923. The molecule has 2 unspecified atom stereocenters. The molecule has 3 nitrogen and oxygen atoms in total. The van der Waals surface area contributed by atoms with Crippen LogP contribution in [-0.4, -0.2) is 29.1 Å². The molecule has 2 N–H and O–H groups in total. The summed E-state index contributed by atoms with van der Waals surface area (Å²) in [5, 5.41) is 0.520. The predicted molar refractivity (Wildman–Crippen MR) is 73.0 cm³/mol. The Hall–Kier alpha value is -0.220. The third-order valence-corrected chi connectivity index (χ3v) is 5.20. The normalized spacial score (nSPS) is 21.1. The van der Waals surface area contributed by atoms with E-state index in [-0.39, 0.29) is 5.97 Å². The lowest BCUT2D eigenvalue weighted by molar-refractivity contribution is -0.149. The number of carbonyl (C=O) groups is 1. The number of rotatable bonds is 7. The molecule has 1 rings (SSSR count). The van der Waals surface area contributed by atoms with Gasteiger partial charge in [0.2, 0.25) is 0 Å². The first-order valence-electron chi connectivity index (χ1n) is 6.49. The van der Waals surface area contributed by atoms with Crippen LogP contribution in [0.2, 0.25) is 0 Å². The Balaban J connectivity index is 2.56. The molecule has 0 aromatic rings. The predicted octanol–water partition coefficient (Wildman–Crippen LogP) is 2.43. The van der Waals surface area contributed by atoms with Gasteiger partial charge in [0.1, 0.15) is 5.54 Å². The first-order chi connectivity index (χ1) is 7.91. The highest BCUT2D eigenvalue weighted by molar-refractivity contribution is 8.00. The van der Waals surface area contributed by atoms with Crippen molar-refractivity contribution in [3.8, 4) is 0 Å².